The van der Waals surface area contributed by atoms with Crippen LogP contribution in [0.2, 0.25) is 0 Å². The molecule has 0 unspecified atom stereocenters. The number of halogens is 1. The molecule has 3 aromatic rings. The first-order valence-electron chi connectivity index (χ1n) is 7.39. The van der Waals surface area contributed by atoms with E-state index in [4.69, 9.17) is 4.42 Å². The Kier molecular flexibility index (Phi) is 4.84. The van der Waals surface area contributed by atoms with Crippen LogP contribution in [0.5, 0.6) is 0 Å². The maximum Gasteiger partial charge on any atom is 0.271 e. The molecule has 2 heterocycles. The van der Waals surface area contributed by atoms with Gasteiger partial charge < -0.3 is 8.98 Å². The van der Waals surface area contributed by atoms with Crippen LogP contribution in [0.25, 0.3) is 5.69 Å². The molecule has 5 nitrogen and oxygen atoms in total. The highest BCUT2D eigenvalue weighted by Gasteiger charge is 2.07. The van der Waals surface area contributed by atoms with Gasteiger partial charge >= 0.3 is 0 Å². The SMILES string of the molecule is Cc1ccc(C)n1-c1ccc(C(=O)N/N=C\c2ccc(I)o2)cc1. The van der Waals surface area contributed by atoms with E-state index in [0.717, 1.165) is 20.8 Å². The predicted molar refractivity (Wildman–Crippen MR) is 102 cm³/mol. The lowest BCUT2D eigenvalue weighted by molar-refractivity contribution is 0.0955. The van der Waals surface area contributed by atoms with Gasteiger partial charge in [0.2, 0.25) is 0 Å². The number of hydrazone groups is 1. The quantitative estimate of drug-likeness (QED) is 0.384. The van der Waals surface area contributed by atoms with E-state index in [1.807, 2.05) is 18.2 Å². The summed E-state index contributed by atoms with van der Waals surface area (Å²) < 4.78 is 8.24. The number of nitrogens with zero attached hydrogens (tertiary/aromatic N) is 2. The average molecular weight is 433 g/mol. The Bertz CT molecular complexity index is 872. The van der Waals surface area contributed by atoms with E-state index in [-0.39, 0.29) is 5.91 Å². The summed E-state index contributed by atoms with van der Waals surface area (Å²) in [7, 11) is 0. The number of hydrogen-bond acceptors (Lipinski definition) is 3. The Labute approximate surface area is 153 Å². The smallest absolute Gasteiger partial charge is 0.271 e. The van der Waals surface area contributed by atoms with Gasteiger partial charge in [0.25, 0.3) is 5.91 Å². The molecule has 1 N–H and O–H groups in total. The van der Waals surface area contributed by atoms with Crippen molar-refractivity contribution < 1.29 is 9.21 Å². The van der Waals surface area contributed by atoms with Gasteiger partial charge in [-0.15, -0.1) is 0 Å². The molecule has 122 valence electrons. The van der Waals surface area contributed by atoms with Gasteiger partial charge in [-0.2, -0.15) is 5.10 Å². The molecule has 3 rings (SSSR count). The van der Waals surface area contributed by atoms with Crippen LogP contribution in [0.3, 0.4) is 0 Å². The van der Waals surface area contributed by atoms with Crippen molar-refractivity contribution in [2.24, 2.45) is 5.10 Å². The highest BCUT2D eigenvalue weighted by Crippen LogP contribution is 2.16. The fourth-order valence-electron chi connectivity index (χ4n) is 2.45. The summed E-state index contributed by atoms with van der Waals surface area (Å²) >= 11 is 2.07. The second kappa shape index (κ2) is 7.04. The Morgan fingerprint density at radius 1 is 1.08 bits per heavy atom. The van der Waals surface area contributed by atoms with Crippen LogP contribution in [-0.4, -0.2) is 16.7 Å². The Morgan fingerprint density at radius 2 is 1.75 bits per heavy atom. The zero-order valence-corrected chi connectivity index (χ0v) is 15.4. The van der Waals surface area contributed by atoms with E-state index < -0.39 is 0 Å². The Balaban J connectivity index is 1.69. The maximum absolute atomic E-state index is 12.1. The first-order valence-corrected chi connectivity index (χ1v) is 8.46. The van der Waals surface area contributed by atoms with Gasteiger partial charge in [0.05, 0.1) is 6.21 Å². The number of aryl methyl sites for hydroxylation is 2. The normalized spacial score (nSPS) is 11.1. The minimum absolute atomic E-state index is 0.264. The van der Waals surface area contributed by atoms with Crippen molar-refractivity contribution in [2.75, 3.05) is 0 Å². The Morgan fingerprint density at radius 3 is 2.33 bits per heavy atom. The second-order valence-electron chi connectivity index (χ2n) is 5.34. The molecule has 1 amide bonds. The van der Waals surface area contributed by atoms with Crippen molar-refractivity contribution >= 4 is 34.7 Å². The Hall–Kier alpha value is -2.35. The van der Waals surface area contributed by atoms with E-state index in [0.29, 0.717) is 11.3 Å². The molecule has 0 aliphatic carbocycles. The lowest BCUT2D eigenvalue weighted by Crippen LogP contribution is -2.17. The third-order valence-electron chi connectivity index (χ3n) is 3.61. The monoisotopic (exact) mass is 433 g/mol. The van der Waals surface area contributed by atoms with Crippen molar-refractivity contribution in [1.82, 2.24) is 9.99 Å². The molecule has 0 saturated heterocycles. The zero-order chi connectivity index (χ0) is 17.1. The first-order chi connectivity index (χ1) is 11.5. The molecular weight excluding hydrogens is 417 g/mol. The number of nitrogens with one attached hydrogen (secondary N) is 1. The van der Waals surface area contributed by atoms with Crippen LogP contribution in [0, 0.1) is 17.6 Å². The third kappa shape index (κ3) is 3.59. The lowest BCUT2D eigenvalue weighted by Gasteiger charge is -2.09. The molecule has 1 aromatic carbocycles. The fourth-order valence-corrected chi connectivity index (χ4v) is 2.89. The largest absolute Gasteiger partial charge is 0.449 e. The number of furan rings is 1. The van der Waals surface area contributed by atoms with E-state index >= 15 is 0 Å². The number of carbonyl (C=O) groups excluding carboxylic acids is 1. The lowest BCUT2D eigenvalue weighted by atomic mass is 10.2. The van der Waals surface area contributed by atoms with Gasteiger partial charge in [0, 0.05) is 22.6 Å². The standard InChI is InChI=1S/C18H16IN3O2/c1-12-3-4-13(2)22(12)15-7-5-14(6-8-15)18(23)21-20-11-16-9-10-17(19)24-16/h3-11H,1-2H3,(H,21,23)/b20-11-. The molecule has 0 fully saturated rings. The molecule has 0 aliphatic rings. The van der Waals surface area contributed by atoms with Gasteiger partial charge in [-0.3, -0.25) is 4.79 Å². The third-order valence-corrected chi connectivity index (χ3v) is 4.19. The summed E-state index contributed by atoms with van der Waals surface area (Å²) in [6, 6.07) is 15.2. The number of hydrogen-bond donors (Lipinski definition) is 1. The number of rotatable bonds is 4. The minimum Gasteiger partial charge on any atom is -0.449 e. The van der Waals surface area contributed by atoms with Gasteiger partial charge in [0.15, 0.2) is 3.77 Å². The fraction of sp³-hybridized carbons (Fsp3) is 0.111. The van der Waals surface area contributed by atoms with Crippen molar-refractivity contribution in [3.63, 3.8) is 0 Å². The van der Waals surface area contributed by atoms with Crippen LogP contribution < -0.4 is 5.43 Å². The van der Waals surface area contributed by atoms with Gasteiger partial charge in [-0.25, -0.2) is 5.43 Å². The zero-order valence-electron chi connectivity index (χ0n) is 13.3. The van der Waals surface area contributed by atoms with Crippen molar-refractivity contribution in [3.05, 3.63) is 75.0 Å². The van der Waals surface area contributed by atoms with Crippen LogP contribution in [-0.2, 0) is 0 Å². The molecule has 6 heteroatoms. The molecule has 2 aromatic heterocycles. The molecule has 0 aliphatic heterocycles. The van der Waals surface area contributed by atoms with E-state index in [2.05, 4.69) is 63.7 Å². The number of amides is 1. The summed E-state index contributed by atoms with van der Waals surface area (Å²) in [5.41, 5.74) is 6.38. The first kappa shape index (κ1) is 16.5. The van der Waals surface area contributed by atoms with Crippen molar-refractivity contribution in [2.45, 2.75) is 13.8 Å². The predicted octanol–water partition coefficient (Wildman–Crippen LogP) is 4.06. The topological polar surface area (TPSA) is 59.5 Å². The summed E-state index contributed by atoms with van der Waals surface area (Å²) in [6.07, 6.45) is 1.47. The van der Waals surface area contributed by atoms with Crippen molar-refractivity contribution in [3.8, 4) is 5.69 Å². The van der Waals surface area contributed by atoms with Crippen LogP contribution in [0.1, 0.15) is 27.5 Å². The molecule has 0 radical (unpaired) electrons. The summed E-state index contributed by atoms with van der Waals surface area (Å²) in [6.45, 7) is 4.11. The minimum atomic E-state index is -0.264. The number of carbonyl (C=O) groups is 1. The van der Waals surface area contributed by atoms with Crippen LogP contribution in [0.15, 0.2) is 58.0 Å². The highest BCUT2D eigenvalue weighted by molar-refractivity contribution is 14.1. The summed E-state index contributed by atoms with van der Waals surface area (Å²) in [5, 5.41) is 3.90. The number of aromatic nitrogens is 1. The van der Waals surface area contributed by atoms with E-state index in [1.165, 1.54) is 6.21 Å². The van der Waals surface area contributed by atoms with Crippen LogP contribution >= 0.6 is 22.6 Å². The molecule has 0 atom stereocenters. The van der Waals surface area contributed by atoms with Gasteiger partial charge in [-0.05, 0) is 85.0 Å². The molecular formula is C18H16IN3O2. The molecule has 0 bridgehead atoms. The van der Waals surface area contributed by atoms with E-state index in [1.54, 1.807) is 18.2 Å². The highest BCUT2D eigenvalue weighted by atomic mass is 127. The molecule has 0 saturated carbocycles. The molecule has 24 heavy (non-hydrogen) atoms. The van der Waals surface area contributed by atoms with E-state index in [9.17, 15) is 4.79 Å². The maximum atomic E-state index is 12.1. The van der Waals surface area contributed by atoms with Gasteiger partial charge in [0.1, 0.15) is 5.76 Å². The van der Waals surface area contributed by atoms with Gasteiger partial charge in [-0.1, -0.05) is 0 Å². The number of benzene rings is 1. The summed E-state index contributed by atoms with van der Waals surface area (Å²) in [5.74, 6) is 0.327. The average Bonchev–Trinajstić information content (AvgIpc) is 3.13. The summed E-state index contributed by atoms with van der Waals surface area (Å²) in [4.78, 5) is 12.1. The molecule has 0 spiro atoms. The second-order valence-corrected chi connectivity index (χ2v) is 6.40. The van der Waals surface area contributed by atoms with Crippen LogP contribution in [0.4, 0.5) is 0 Å². The van der Waals surface area contributed by atoms with Crippen molar-refractivity contribution in [1.29, 1.82) is 0 Å².